The zero-order valence-corrected chi connectivity index (χ0v) is 33.6. The number of amides is 1. The molecule has 0 bridgehead atoms. The van der Waals surface area contributed by atoms with Crippen LogP contribution in [0.25, 0.3) is 22.0 Å². The summed E-state index contributed by atoms with van der Waals surface area (Å²) >= 11 is 6.65. The summed E-state index contributed by atoms with van der Waals surface area (Å²) < 4.78 is 95.7. The van der Waals surface area contributed by atoms with E-state index in [1.807, 2.05) is 13.0 Å². The number of aromatic nitrogens is 5. The standard InChI is InChI=1S/C41H37ClF4N8O4S/c1-40(12-5-4-6-14-58-40)13-11-25-7-8-26(27-9-10-30(42)35-37(27)53(2)51-39(35)52-59(3,56)57)36(48-25)31(17-22-15-23(43)18-24(44)16-22)49-33(55)21-54-38-34(32(20-47)50-54)28-19-29(28)41(38,45)46/h7-10,15-16,18,28-29,31H,4-6,12,14,17,19,21H2,1-3H3,(H,49,55)(H,51,52)/t28-,29+,31-,40-/m0/s1. The van der Waals surface area contributed by atoms with Crippen molar-refractivity contribution in [3.05, 3.63) is 93.0 Å². The summed E-state index contributed by atoms with van der Waals surface area (Å²) in [6, 6.07) is 10.2. The Morgan fingerprint density at radius 2 is 1.85 bits per heavy atom. The lowest BCUT2D eigenvalue weighted by molar-refractivity contribution is -0.122. The fraction of sp³-hybridized carbons (Fsp3) is 0.390. The molecule has 0 spiro atoms. The van der Waals surface area contributed by atoms with E-state index in [1.165, 1.54) is 4.68 Å². The van der Waals surface area contributed by atoms with Gasteiger partial charge >= 0.3 is 0 Å². The third-order valence-corrected chi connectivity index (χ3v) is 11.8. The average molecular weight is 849 g/mol. The number of sulfonamides is 1. The lowest BCUT2D eigenvalue weighted by Gasteiger charge is -2.23. The Balaban J connectivity index is 1.28. The third kappa shape index (κ3) is 7.87. The highest BCUT2D eigenvalue weighted by atomic mass is 35.5. The van der Waals surface area contributed by atoms with Gasteiger partial charge in [0.2, 0.25) is 15.9 Å². The van der Waals surface area contributed by atoms with Crippen LogP contribution < -0.4 is 10.0 Å². The monoisotopic (exact) mass is 848 g/mol. The molecule has 2 aromatic carbocycles. The van der Waals surface area contributed by atoms with Crippen LogP contribution in [0, 0.1) is 40.7 Å². The molecule has 12 nitrogen and oxygen atoms in total. The van der Waals surface area contributed by atoms with Crippen molar-refractivity contribution in [2.75, 3.05) is 17.6 Å². The number of anilines is 1. The Morgan fingerprint density at radius 1 is 1.10 bits per heavy atom. The van der Waals surface area contributed by atoms with Gasteiger partial charge in [0, 0.05) is 42.3 Å². The van der Waals surface area contributed by atoms with Gasteiger partial charge in [-0.2, -0.15) is 24.2 Å². The molecule has 306 valence electrons. The predicted molar refractivity (Wildman–Crippen MR) is 210 cm³/mol. The Hall–Kier alpha value is -5.49. The number of aryl methyl sites for hydroxylation is 1. The topological polar surface area (TPSA) is 157 Å². The molecule has 3 aliphatic rings. The van der Waals surface area contributed by atoms with Crippen molar-refractivity contribution in [3.8, 4) is 29.0 Å². The largest absolute Gasteiger partial charge is 0.363 e. The first-order valence-electron chi connectivity index (χ1n) is 18.9. The van der Waals surface area contributed by atoms with Crippen molar-refractivity contribution in [1.29, 1.82) is 5.26 Å². The zero-order valence-electron chi connectivity index (χ0n) is 32.0. The molecule has 4 atom stereocenters. The molecule has 2 fully saturated rings. The normalized spacial score (nSPS) is 21.1. The molecule has 3 aromatic heterocycles. The van der Waals surface area contributed by atoms with E-state index in [0.717, 1.165) is 42.3 Å². The van der Waals surface area contributed by atoms with E-state index in [4.69, 9.17) is 21.3 Å². The number of pyridine rings is 1. The number of nitrogens with zero attached hydrogens (tertiary/aromatic N) is 6. The van der Waals surface area contributed by atoms with Gasteiger partial charge in [0.15, 0.2) is 11.5 Å². The smallest absolute Gasteiger partial charge is 0.293 e. The fourth-order valence-corrected chi connectivity index (χ4v) is 9.04. The zero-order chi connectivity index (χ0) is 42.0. The van der Waals surface area contributed by atoms with Crippen molar-refractivity contribution < 1.29 is 35.5 Å². The quantitative estimate of drug-likeness (QED) is 0.119. The Morgan fingerprint density at radius 3 is 2.58 bits per heavy atom. The second-order valence-electron chi connectivity index (χ2n) is 15.5. The van der Waals surface area contributed by atoms with Crippen LogP contribution in [-0.2, 0) is 45.5 Å². The second kappa shape index (κ2) is 15.0. The van der Waals surface area contributed by atoms with Crippen molar-refractivity contribution in [3.63, 3.8) is 0 Å². The van der Waals surface area contributed by atoms with Gasteiger partial charge in [-0.25, -0.2) is 22.2 Å². The maximum atomic E-state index is 15.5. The van der Waals surface area contributed by atoms with E-state index in [2.05, 4.69) is 32.1 Å². The summed E-state index contributed by atoms with van der Waals surface area (Å²) in [6.45, 7) is 1.73. The van der Waals surface area contributed by atoms with Crippen LogP contribution in [-0.4, -0.2) is 57.3 Å². The number of nitrogens with one attached hydrogen (secondary N) is 2. The minimum atomic E-state index is -3.80. The van der Waals surface area contributed by atoms with Gasteiger partial charge in [-0.15, -0.1) is 0 Å². The molecule has 1 saturated carbocycles. The van der Waals surface area contributed by atoms with Crippen LogP contribution >= 0.6 is 11.6 Å². The number of alkyl halides is 2. The van der Waals surface area contributed by atoms with E-state index < -0.39 is 69.2 Å². The number of halogens is 5. The summed E-state index contributed by atoms with van der Waals surface area (Å²) in [4.78, 5) is 19.0. The minimum absolute atomic E-state index is 0.0384. The van der Waals surface area contributed by atoms with Crippen LogP contribution in [0.3, 0.4) is 0 Å². The van der Waals surface area contributed by atoms with E-state index in [1.54, 1.807) is 31.3 Å². The summed E-state index contributed by atoms with van der Waals surface area (Å²) in [6.07, 6.45) is 4.46. The summed E-state index contributed by atoms with van der Waals surface area (Å²) in [5.74, 6) is -1.04. The molecule has 8 rings (SSSR count). The molecule has 1 amide bonds. The third-order valence-electron chi connectivity index (χ3n) is 11.0. The molecule has 4 heterocycles. The molecular formula is C41H37ClF4N8O4S. The molecule has 1 saturated heterocycles. The van der Waals surface area contributed by atoms with Gasteiger partial charge in [-0.1, -0.05) is 30.0 Å². The van der Waals surface area contributed by atoms with E-state index in [-0.39, 0.29) is 57.3 Å². The second-order valence-corrected chi connectivity index (χ2v) is 17.6. The molecule has 0 radical (unpaired) electrons. The van der Waals surface area contributed by atoms with E-state index >= 15 is 8.78 Å². The van der Waals surface area contributed by atoms with Crippen LogP contribution in [0.1, 0.15) is 84.9 Å². The molecule has 5 aromatic rings. The maximum absolute atomic E-state index is 15.5. The van der Waals surface area contributed by atoms with Crippen LogP contribution in [0.2, 0.25) is 5.02 Å². The van der Waals surface area contributed by atoms with Crippen molar-refractivity contribution in [2.45, 2.75) is 75.5 Å². The summed E-state index contributed by atoms with van der Waals surface area (Å²) in [7, 11) is -2.21. The molecule has 2 aliphatic carbocycles. The Labute approximate surface area is 341 Å². The molecule has 1 aliphatic heterocycles. The number of hydrogen-bond donors (Lipinski definition) is 2. The number of ether oxygens (including phenoxy) is 1. The van der Waals surface area contributed by atoms with Gasteiger partial charge in [-0.05, 0) is 86.8 Å². The molecule has 59 heavy (non-hydrogen) atoms. The van der Waals surface area contributed by atoms with Crippen molar-refractivity contribution in [1.82, 2.24) is 29.9 Å². The summed E-state index contributed by atoms with van der Waals surface area (Å²) in [5, 5.41) is 21.5. The maximum Gasteiger partial charge on any atom is 0.293 e. The van der Waals surface area contributed by atoms with Gasteiger partial charge in [0.05, 0.1) is 33.9 Å². The number of carbonyl (C=O) groups is 1. The number of hydrogen-bond acceptors (Lipinski definition) is 8. The lowest BCUT2D eigenvalue weighted by Crippen LogP contribution is -2.35. The van der Waals surface area contributed by atoms with Crippen LogP contribution in [0.15, 0.2) is 42.5 Å². The number of fused-ring (bicyclic) bond motifs is 4. The van der Waals surface area contributed by atoms with Crippen molar-refractivity contribution in [2.24, 2.45) is 13.0 Å². The van der Waals surface area contributed by atoms with Gasteiger partial charge in [0.1, 0.15) is 41.2 Å². The highest BCUT2D eigenvalue weighted by Gasteiger charge is 2.66. The lowest BCUT2D eigenvalue weighted by atomic mass is 9.93. The number of nitriles is 1. The molecule has 2 N–H and O–H groups in total. The summed E-state index contributed by atoms with van der Waals surface area (Å²) in [5.41, 5.74) is 0.502. The highest BCUT2D eigenvalue weighted by Crippen LogP contribution is 2.67. The molecule has 18 heteroatoms. The highest BCUT2D eigenvalue weighted by molar-refractivity contribution is 7.92. The molecule has 0 unspecified atom stereocenters. The molecular weight excluding hydrogens is 812 g/mol. The SMILES string of the molecule is Cn1nc(NS(C)(=O)=O)c2c(Cl)ccc(-c3ccc(C#C[C@]4(C)CCCCCO4)nc3[C@H](Cc3cc(F)cc(F)c3)NC(=O)Cn3nc(C#N)c4c3C(F)(F)[C@@H]3C[C@H]43)c21. The van der Waals surface area contributed by atoms with Gasteiger partial charge in [0.25, 0.3) is 5.92 Å². The van der Waals surface area contributed by atoms with Crippen molar-refractivity contribution >= 4 is 44.3 Å². The fourth-order valence-electron chi connectivity index (χ4n) is 8.31. The number of benzene rings is 2. The van der Waals surface area contributed by atoms with Crippen LogP contribution in [0.4, 0.5) is 23.4 Å². The van der Waals surface area contributed by atoms with Gasteiger partial charge < -0.3 is 10.1 Å². The predicted octanol–water partition coefficient (Wildman–Crippen LogP) is 7.02. The van der Waals surface area contributed by atoms with E-state index in [0.29, 0.717) is 35.7 Å². The van der Waals surface area contributed by atoms with Gasteiger partial charge in [-0.3, -0.25) is 18.9 Å². The Kier molecular flexibility index (Phi) is 10.2. The average Bonchev–Trinajstić information content (AvgIpc) is 3.78. The minimum Gasteiger partial charge on any atom is -0.363 e. The number of rotatable bonds is 9. The number of carbonyl (C=O) groups excluding carboxylic acids is 1. The van der Waals surface area contributed by atoms with E-state index in [9.17, 15) is 27.3 Å². The first kappa shape index (κ1) is 40.3. The van der Waals surface area contributed by atoms with Crippen LogP contribution in [0.5, 0.6) is 0 Å². The first-order chi connectivity index (χ1) is 27.9. The Bertz CT molecular complexity index is 2740. The first-order valence-corrected chi connectivity index (χ1v) is 21.2.